The van der Waals surface area contributed by atoms with Crippen LogP contribution in [0.5, 0.6) is 0 Å². The quantitative estimate of drug-likeness (QED) is 0.901. The van der Waals surface area contributed by atoms with Crippen molar-refractivity contribution in [3.05, 3.63) is 30.5 Å². The molecular weight excluding hydrogens is 293 g/mol. The molecule has 0 radical (unpaired) electrons. The van der Waals surface area contributed by atoms with Crippen molar-refractivity contribution in [3.63, 3.8) is 0 Å². The van der Waals surface area contributed by atoms with E-state index in [2.05, 4.69) is 5.32 Å². The van der Waals surface area contributed by atoms with E-state index in [0.29, 0.717) is 5.52 Å². The normalized spacial score (nSPS) is 22.9. The second-order valence-corrected chi connectivity index (χ2v) is 5.95. The Morgan fingerprint density at radius 1 is 1.14 bits per heavy atom. The highest BCUT2D eigenvalue weighted by Crippen LogP contribution is 2.30. The Kier molecular flexibility index (Phi) is 4.04. The van der Waals surface area contributed by atoms with Gasteiger partial charge < -0.3 is 15.0 Å². The Morgan fingerprint density at radius 2 is 1.86 bits per heavy atom. The van der Waals surface area contributed by atoms with Gasteiger partial charge in [-0.3, -0.25) is 0 Å². The molecule has 2 N–H and O–H groups in total. The van der Waals surface area contributed by atoms with Crippen LogP contribution in [0.1, 0.15) is 25.7 Å². The summed E-state index contributed by atoms with van der Waals surface area (Å²) in [6.45, 7) is -0.977. The molecule has 1 saturated carbocycles. The Hall–Kier alpha value is -1.69. The summed E-state index contributed by atoms with van der Waals surface area (Å²) in [5, 5.41) is 13.8. The van der Waals surface area contributed by atoms with E-state index in [1.54, 1.807) is 18.2 Å². The van der Waals surface area contributed by atoms with Crippen molar-refractivity contribution in [2.75, 3.05) is 5.32 Å². The van der Waals surface area contributed by atoms with Crippen LogP contribution in [0.3, 0.4) is 0 Å². The van der Waals surface area contributed by atoms with E-state index in [1.807, 2.05) is 6.07 Å². The van der Waals surface area contributed by atoms with Crippen molar-refractivity contribution >= 4 is 16.6 Å². The fourth-order valence-electron chi connectivity index (χ4n) is 3.12. The molecule has 2 aromatic rings. The van der Waals surface area contributed by atoms with Crippen molar-refractivity contribution < 1.29 is 18.3 Å². The van der Waals surface area contributed by atoms with Crippen molar-refractivity contribution in [1.82, 2.24) is 4.57 Å². The number of hydrogen-bond donors (Lipinski definition) is 2. The third kappa shape index (κ3) is 3.38. The van der Waals surface area contributed by atoms with E-state index in [1.165, 1.54) is 10.8 Å². The number of aliphatic hydroxyl groups excluding tert-OH is 1. The van der Waals surface area contributed by atoms with Crippen LogP contribution in [0.15, 0.2) is 30.5 Å². The Labute approximate surface area is 126 Å². The second-order valence-electron chi connectivity index (χ2n) is 5.95. The van der Waals surface area contributed by atoms with E-state index in [0.717, 1.165) is 36.8 Å². The maximum atomic E-state index is 12.6. The molecule has 3 rings (SSSR count). The molecule has 1 aliphatic carbocycles. The summed E-state index contributed by atoms with van der Waals surface area (Å²) in [5.74, 6) is 0. The van der Waals surface area contributed by atoms with Crippen molar-refractivity contribution in [2.24, 2.45) is 0 Å². The lowest BCUT2D eigenvalue weighted by molar-refractivity contribution is -0.139. The van der Waals surface area contributed by atoms with Gasteiger partial charge in [0.25, 0.3) is 0 Å². The lowest BCUT2D eigenvalue weighted by atomic mass is 9.93. The van der Waals surface area contributed by atoms with Crippen molar-refractivity contribution in [2.45, 2.75) is 50.6 Å². The third-order valence-corrected chi connectivity index (χ3v) is 4.22. The minimum Gasteiger partial charge on any atom is -0.393 e. The van der Waals surface area contributed by atoms with Gasteiger partial charge in [0.1, 0.15) is 6.54 Å². The van der Waals surface area contributed by atoms with Crippen LogP contribution in [0.2, 0.25) is 0 Å². The van der Waals surface area contributed by atoms with Gasteiger partial charge >= 0.3 is 6.18 Å². The monoisotopic (exact) mass is 312 g/mol. The third-order valence-electron chi connectivity index (χ3n) is 4.22. The Bertz CT molecular complexity index is 642. The Balaban J connectivity index is 1.82. The number of nitrogens with one attached hydrogen (secondary N) is 1. The number of alkyl halides is 3. The lowest BCUT2D eigenvalue weighted by Gasteiger charge is -2.27. The summed E-state index contributed by atoms with van der Waals surface area (Å²) in [5.41, 5.74) is 1.44. The van der Waals surface area contributed by atoms with E-state index in [-0.39, 0.29) is 12.1 Å². The fourth-order valence-corrected chi connectivity index (χ4v) is 3.12. The van der Waals surface area contributed by atoms with E-state index >= 15 is 0 Å². The number of aromatic nitrogens is 1. The molecule has 1 aromatic carbocycles. The van der Waals surface area contributed by atoms with Gasteiger partial charge in [-0.1, -0.05) is 6.07 Å². The summed E-state index contributed by atoms with van der Waals surface area (Å²) in [6, 6.07) is 7.36. The molecule has 120 valence electrons. The molecule has 6 heteroatoms. The van der Waals surface area contributed by atoms with Gasteiger partial charge in [-0.2, -0.15) is 13.2 Å². The summed E-state index contributed by atoms with van der Waals surface area (Å²) < 4.78 is 39.0. The minimum absolute atomic E-state index is 0.221. The average Bonchev–Trinajstić information content (AvgIpc) is 2.84. The zero-order valence-electron chi connectivity index (χ0n) is 12.1. The summed E-state index contributed by atoms with van der Waals surface area (Å²) in [7, 11) is 0. The molecule has 0 bridgehead atoms. The maximum Gasteiger partial charge on any atom is 0.406 e. The molecule has 1 aliphatic rings. The van der Waals surface area contributed by atoms with Crippen LogP contribution >= 0.6 is 0 Å². The predicted octanol–water partition coefficient (Wildman–Crippen LogP) is 3.92. The highest BCUT2D eigenvalue weighted by atomic mass is 19.4. The van der Waals surface area contributed by atoms with Crippen LogP contribution in [0.4, 0.5) is 18.9 Å². The van der Waals surface area contributed by atoms with E-state index in [4.69, 9.17) is 0 Å². The minimum atomic E-state index is -4.23. The van der Waals surface area contributed by atoms with Gasteiger partial charge in [0.2, 0.25) is 0 Å². The molecule has 0 spiro atoms. The van der Waals surface area contributed by atoms with E-state index in [9.17, 15) is 18.3 Å². The number of fused-ring (bicyclic) bond motifs is 1. The van der Waals surface area contributed by atoms with Crippen LogP contribution in [0.25, 0.3) is 10.9 Å². The van der Waals surface area contributed by atoms with Gasteiger partial charge in [-0.05, 0) is 43.9 Å². The number of anilines is 1. The van der Waals surface area contributed by atoms with Gasteiger partial charge in [0.15, 0.2) is 0 Å². The number of nitrogens with zero attached hydrogens (tertiary/aromatic N) is 1. The first kappa shape index (κ1) is 15.2. The topological polar surface area (TPSA) is 37.2 Å². The zero-order chi connectivity index (χ0) is 15.7. The number of hydrogen-bond acceptors (Lipinski definition) is 2. The molecule has 1 aromatic heterocycles. The molecule has 3 nitrogen and oxygen atoms in total. The number of rotatable bonds is 3. The fraction of sp³-hybridized carbons (Fsp3) is 0.500. The summed E-state index contributed by atoms with van der Waals surface area (Å²) in [6.07, 6.45) is 0.317. The van der Waals surface area contributed by atoms with Gasteiger partial charge in [-0.25, -0.2) is 0 Å². The van der Waals surface area contributed by atoms with Crippen LogP contribution < -0.4 is 5.32 Å². The van der Waals surface area contributed by atoms with E-state index < -0.39 is 12.7 Å². The standard InChI is InChI=1S/C16H19F3N2O/c17-16(18,19)10-21-9-8-13-14(2-1-3-15(13)21)20-11-4-6-12(22)7-5-11/h1-3,8-9,11-12,20,22H,4-7,10H2. The van der Waals surface area contributed by atoms with Gasteiger partial charge in [-0.15, -0.1) is 0 Å². The van der Waals surface area contributed by atoms with Gasteiger partial charge in [0.05, 0.1) is 11.6 Å². The van der Waals surface area contributed by atoms with Crippen molar-refractivity contribution in [3.8, 4) is 0 Å². The lowest BCUT2D eigenvalue weighted by Crippen LogP contribution is -2.28. The Morgan fingerprint density at radius 3 is 2.55 bits per heavy atom. The summed E-state index contributed by atoms with van der Waals surface area (Å²) in [4.78, 5) is 0. The van der Waals surface area contributed by atoms with Crippen LogP contribution in [-0.2, 0) is 6.54 Å². The molecular formula is C16H19F3N2O. The molecule has 1 fully saturated rings. The SMILES string of the molecule is OC1CCC(Nc2cccc3c2ccn3CC(F)(F)F)CC1. The second kappa shape index (κ2) is 5.83. The first-order valence-electron chi connectivity index (χ1n) is 7.51. The summed E-state index contributed by atoms with van der Waals surface area (Å²) >= 11 is 0. The maximum absolute atomic E-state index is 12.6. The zero-order valence-corrected chi connectivity index (χ0v) is 12.1. The molecule has 0 atom stereocenters. The average molecular weight is 312 g/mol. The van der Waals surface area contributed by atoms with Gasteiger partial charge in [0, 0.05) is 23.3 Å². The molecule has 0 saturated heterocycles. The smallest absolute Gasteiger partial charge is 0.393 e. The molecule has 0 amide bonds. The highest BCUT2D eigenvalue weighted by molar-refractivity contribution is 5.92. The van der Waals surface area contributed by atoms with Crippen LogP contribution in [0, 0.1) is 0 Å². The molecule has 22 heavy (non-hydrogen) atoms. The molecule has 0 unspecified atom stereocenters. The first-order valence-corrected chi connectivity index (χ1v) is 7.51. The van der Waals surface area contributed by atoms with Crippen molar-refractivity contribution in [1.29, 1.82) is 0 Å². The largest absolute Gasteiger partial charge is 0.406 e. The number of benzene rings is 1. The highest BCUT2D eigenvalue weighted by Gasteiger charge is 2.28. The predicted molar refractivity (Wildman–Crippen MR) is 79.9 cm³/mol. The van der Waals surface area contributed by atoms with Crippen LogP contribution in [-0.4, -0.2) is 28.0 Å². The number of halogens is 3. The molecule has 0 aliphatic heterocycles. The first-order chi connectivity index (χ1) is 10.4. The molecule has 1 heterocycles. The number of aliphatic hydroxyl groups is 1.